The zero-order valence-electron chi connectivity index (χ0n) is 19.0. The third-order valence-corrected chi connectivity index (χ3v) is 6.38. The van der Waals surface area contributed by atoms with E-state index >= 15 is 0 Å². The van der Waals surface area contributed by atoms with Crippen LogP contribution in [0.2, 0.25) is 5.02 Å². The average molecular weight is 487 g/mol. The first kappa shape index (κ1) is 22.9. The summed E-state index contributed by atoms with van der Waals surface area (Å²) in [7, 11) is 0. The SMILES string of the molecule is O=C(CC(c1cccc(Cl)c1)c1cn(Cc2ccc(F)cc2)c2ccccc12)NCc1ccco1. The largest absolute Gasteiger partial charge is 0.467 e. The molecule has 0 bridgehead atoms. The number of fused-ring (bicyclic) bond motifs is 1. The molecule has 0 fully saturated rings. The van der Waals surface area contributed by atoms with E-state index in [0.29, 0.717) is 23.9 Å². The summed E-state index contributed by atoms with van der Waals surface area (Å²) in [6.45, 7) is 0.925. The Kier molecular flexibility index (Phi) is 6.68. The maximum Gasteiger partial charge on any atom is 0.221 e. The monoisotopic (exact) mass is 486 g/mol. The van der Waals surface area contributed by atoms with Crippen molar-refractivity contribution in [2.75, 3.05) is 0 Å². The number of aromatic nitrogens is 1. The fraction of sp³-hybridized carbons (Fsp3) is 0.138. The number of carbonyl (C=O) groups excluding carboxylic acids is 1. The molecule has 1 atom stereocenters. The second-order valence-electron chi connectivity index (χ2n) is 8.52. The maximum atomic E-state index is 13.4. The fourth-order valence-electron chi connectivity index (χ4n) is 4.46. The highest BCUT2D eigenvalue weighted by molar-refractivity contribution is 6.30. The molecule has 35 heavy (non-hydrogen) atoms. The normalized spacial score (nSPS) is 12.1. The lowest BCUT2D eigenvalue weighted by Gasteiger charge is -2.17. The predicted molar refractivity (Wildman–Crippen MR) is 136 cm³/mol. The van der Waals surface area contributed by atoms with Gasteiger partial charge in [0.05, 0.1) is 12.8 Å². The summed E-state index contributed by atoms with van der Waals surface area (Å²) in [6.07, 6.45) is 3.94. The van der Waals surface area contributed by atoms with Gasteiger partial charge in [0.1, 0.15) is 11.6 Å². The van der Waals surface area contributed by atoms with Crippen LogP contribution in [0, 0.1) is 5.82 Å². The number of amides is 1. The zero-order chi connectivity index (χ0) is 24.2. The number of halogens is 2. The number of hydrogen-bond acceptors (Lipinski definition) is 2. The third-order valence-electron chi connectivity index (χ3n) is 6.14. The number of carbonyl (C=O) groups is 1. The Labute approximate surface area is 208 Å². The van der Waals surface area contributed by atoms with E-state index in [1.54, 1.807) is 24.5 Å². The lowest BCUT2D eigenvalue weighted by molar-refractivity contribution is -0.121. The molecule has 5 rings (SSSR count). The van der Waals surface area contributed by atoms with Crippen molar-refractivity contribution in [3.63, 3.8) is 0 Å². The van der Waals surface area contributed by atoms with Gasteiger partial charge in [-0.1, -0.05) is 54.1 Å². The molecule has 0 radical (unpaired) electrons. The lowest BCUT2D eigenvalue weighted by atomic mass is 9.88. The summed E-state index contributed by atoms with van der Waals surface area (Å²) in [6, 6.07) is 25.9. The molecule has 1 unspecified atom stereocenters. The van der Waals surface area contributed by atoms with Crippen LogP contribution in [0.15, 0.2) is 102 Å². The van der Waals surface area contributed by atoms with Gasteiger partial charge in [0.15, 0.2) is 0 Å². The highest BCUT2D eigenvalue weighted by Crippen LogP contribution is 2.36. The number of hydrogen-bond donors (Lipinski definition) is 1. The van der Waals surface area contributed by atoms with Gasteiger partial charge in [0.2, 0.25) is 5.91 Å². The van der Waals surface area contributed by atoms with Crippen LogP contribution in [-0.4, -0.2) is 10.5 Å². The maximum absolute atomic E-state index is 13.4. The molecule has 2 aromatic heterocycles. The Hall–Kier alpha value is -3.83. The van der Waals surface area contributed by atoms with Gasteiger partial charge in [-0.25, -0.2) is 4.39 Å². The van der Waals surface area contributed by atoms with Crippen molar-refractivity contribution in [3.8, 4) is 0 Å². The van der Waals surface area contributed by atoms with Gasteiger partial charge in [-0.15, -0.1) is 0 Å². The molecule has 0 spiro atoms. The molecule has 4 nitrogen and oxygen atoms in total. The van der Waals surface area contributed by atoms with Crippen molar-refractivity contribution < 1.29 is 13.6 Å². The van der Waals surface area contributed by atoms with Gasteiger partial charge in [-0.3, -0.25) is 4.79 Å². The minimum absolute atomic E-state index is 0.0817. The molecule has 0 aliphatic rings. The molecule has 1 amide bonds. The smallest absolute Gasteiger partial charge is 0.221 e. The second kappa shape index (κ2) is 10.2. The van der Waals surface area contributed by atoms with Crippen molar-refractivity contribution in [1.29, 1.82) is 0 Å². The number of nitrogens with one attached hydrogen (secondary N) is 1. The molecule has 0 aliphatic carbocycles. The standard InChI is InChI=1S/C29H24ClFN2O2/c30-22-6-3-5-21(15-22)26(16-29(34)32-17-24-7-4-14-35-24)27-19-33(28-9-2-1-8-25(27)28)18-20-10-12-23(31)13-11-20/h1-15,19,26H,16-18H2,(H,32,34). The molecular formula is C29H24ClFN2O2. The van der Waals surface area contributed by atoms with Gasteiger partial charge in [-0.05, 0) is 59.2 Å². The third kappa shape index (κ3) is 5.31. The van der Waals surface area contributed by atoms with Gasteiger partial charge in [-0.2, -0.15) is 0 Å². The van der Waals surface area contributed by atoms with E-state index in [1.807, 2.05) is 42.5 Å². The highest BCUT2D eigenvalue weighted by Gasteiger charge is 2.23. The molecular weight excluding hydrogens is 463 g/mol. The van der Waals surface area contributed by atoms with Crippen LogP contribution < -0.4 is 5.32 Å². The molecule has 2 heterocycles. The van der Waals surface area contributed by atoms with Crippen LogP contribution in [0.5, 0.6) is 0 Å². The fourth-order valence-corrected chi connectivity index (χ4v) is 4.66. The first-order valence-corrected chi connectivity index (χ1v) is 11.8. The van der Waals surface area contributed by atoms with Crippen LogP contribution in [0.3, 0.4) is 0 Å². The van der Waals surface area contributed by atoms with E-state index < -0.39 is 0 Å². The molecule has 3 aromatic carbocycles. The number of rotatable bonds is 8. The quantitative estimate of drug-likeness (QED) is 0.259. The van der Waals surface area contributed by atoms with Gasteiger partial charge in [0, 0.05) is 41.0 Å². The zero-order valence-corrected chi connectivity index (χ0v) is 19.7. The Morgan fingerprint density at radius 3 is 2.60 bits per heavy atom. The number of para-hydroxylation sites is 1. The van der Waals surface area contributed by atoms with Crippen LogP contribution in [0.4, 0.5) is 4.39 Å². The van der Waals surface area contributed by atoms with Crippen molar-refractivity contribution in [2.45, 2.75) is 25.4 Å². The summed E-state index contributed by atoms with van der Waals surface area (Å²) >= 11 is 6.34. The minimum Gasteiger partial charge on any atom is -0.467 e. The lowest BCUT2D eigenvalue weighted by Crippen LogP contribution is -2.24. The Morgan fingerprint density at radius 2 is 1.83 bits per heavy atom. The van der Waals surface area contributed by atoms with Crippen molar-refractivity contribution in [3.05, 3.63) is 131 Å². The highest BCUT2D eigenvalue weighted by atomic mass is 35.5. The molecule has 1 N–H and O–H groups in total. The van der Waals surface area contributed by atoms with E-state index in [-0.39, 0.29) is 24.1 Å². The van der Waals surface area contributed by atoms with E-state index in [0.717, 1.165) is 27.6 Å². The van der Waals surface area contributed by atoms with E-state index in [2.05, 4.69) is 28.2 Å². The van der Waals surface area contributed by atoms with Crippen LogP contribution >= 0.6 is 11.6 Å². The molecule has 0 aliphatic heterocycles. The Balaban J connectivity index is 1.51. The second-order valence-corrected chi connectivity index (χ2v) is 8.96. The first-order valence-electron chi connectivity index (χ1n) is 11.4. The van der Waals surface area contributed by atoms with Crippen LogP contribution in [0.25, 0.3) is 10.9 Å². The average Bonchev–Trinajstić information content (AvgIpc) is 3.51. The molecule has 176 valence electrons. The van der Waals surface area contributed by atoms with E-state index in [9.17, 15) is 9.18 Å². The summed E-state index contributed by atoms with van der Waals surface area (Å²) in [5.41, 5.74) is 4.05. The summed E-state index contributed by atoms with van der Waals surface area (Å²) < 4.78 is 20.9. The molecule has 0 saturated carbocycles. The summed E-state index contributed by atoms with van der Waals surface area (Å²) in [5.74, 6) is 0.161. The summed E-state index contributed by atoms with van der Waals surface area (Å²) in [4.78, 5) is 13.0. The van der Waals surface area contributed by atoms with Crippen molar-refractivity contribution >= 4 is 28.4 Å². The van der Waals surface area contributed by atoms with Crippen LogP contribution in [0.1, 0.15) is 34.8 Å². The van der Waals surface area contributed by atoms with E-state index in [4.69, 9.17) is 16.0 Å². The predicted octanol–water partition coefficient (Wildman–Crippen LogP) is 6.91. The van der Waals surface area contributed by atoms with Crippen molar-refractivity contribution in [2.24, 2.45) is 0 Å². The number of benzene rings is 3. The van der Waals surface area contributed by atoms with E-state index in [1.165, 1.54) is 12.1 Å². The minimum atomic E-state index is -0.256. The number of furan rings is 1. The summed E-state index contributed by atoms with van der Waals surface area (Å²) in [5, 5.41) is 4.65. The Bertz CT molecular complexity index is 1440. The Morgan fingerprint density at radius 1 is 1.00 bits per heavy atom. The molecule has 6 heteroatoms. The van der Waals surface area contributed by atoms with Gasteiger partial charge < -0.3 is 14.3 Å². The molecule has 0 saturated heterocycles. The number of nitrogens with zero attached hydrogens (tertiary/aromatic N) is 1. The topological polar surface area (TPSA) is 47.2 Å². The van der Waals surface area contributed by atoms with Gasteiger partial charge in [0.25, 0.3) is 0 Å². The van der Waals surface area contributed by atoms with Gasteiger partial charge >= 0.3 is 0 Å². The van der Waals surface area contributed by atoms with Crippen LogP contribution in [-0.2, 0) is 17.9 Å². The molecule has 5 aromatic rings. The van der Waals surface area contributed by atoms with Crippen molar-refractivity contribution in [1.82, 2.24) is 9.88 Å². The first-order chi connectivity index (χ1) is 17.1.